The van der Waals surface area contributed by atoms with E-state index in [-0.39, 0.29) is 5.92 Å². The zero-order valence-corrected chi connectivity index (χ0v) is 16.0. The topological polar surface area (TPSA) is 88.9 Å². The van der Waals surface area contributed by atoms with Gasteiger partial charge in [-0.15, -0.1) is 5.10 Å². The largest absolute Gasteiger partial charge is 0.298 e. The van der Waals surface area contributed by atoms with Crippen molar-refractivity contribution in [2.75, 3.05) is 19.3 Å². The fraction of sp³-hybridized carbons (Fsp3) is 0.412. The van der Waals surface area contributed by atoms with Crippen LogP contribution < -0.4 is 0 Å². The van der Waals surface area contributed by atoms with Gasteiger partial charge < -0.3 is 0 Å². The van der Waals surface area contributed by atoms with E-state index in [1.54, 1.807) is 12.4 Å². The summed E-state index contributed by atoms with van der Waals surface area (Å²) in [6.45, 7) is 2.50. The minimum atomic E-state index is -3.29. The molecule has 7 nitrogen and oxygen atoms in total. The normalized spacial score (nSPS) is 19.0. The van der Waals surface area contributed by atoms with E-state index in [1.165, 1.54) is 6.26 Å². The Labute approximate surface area is 156 Å². The molecule has 26 heavy (non-hydrogen) atoms. The third kappa shape index (κ3) is 3.46. The van der Waals surface area contributed by atoms with Crippen molar-refractivity contribution in [2.45, 2.75) is 29.5 Å². The van der Waals surface area contributed by atoms with Crippen molar-refractivity contribution in [3.8, 4) is 0 Å². The number of rotatable bonds is 4. The van der Waals surface area contributed by atoms with Crippen LogP contribution in [-0.4, -0.2) is 52.2 Å². The smallest absolute Gasteiger partial charge is 0.188 e. The summed E-state index contributed by atoms with van der Waals surface area (Å²) in [6.07, 6.45) is 6.57. The van der Waals surface area contributed by atoms with Gasteiger partial charge in [-0.2, -0.15) is 0 Å². The molecule has 1 aromatic carbocycles. The molecule has 1 aliphatic heterocycles. The van der Waals surface area contributed by atoms with Crippen LogP contribution in [0.3, 0.4) is 0 Å². The van der Waals surface area contributed by atoms with Gasteiger partial charge in [0.05, 0.1) is 16.7 Å². The van der Waals surface area contributed by atoms with E-state index in [2.05, 4.69) is 30.5 Å². The minimum Gasteiger partial charge on any atom is -0.298 e. The van der Waals surface area contributed by atoms with E-state index < -0.39 is 9.84 Å². The molecule has 0 N–H and O–H groups in total. The zero-order valence-electron chi connectivity index (χ0n) is 14.4. The highest BCUT2D eigenvalue weighted by Gasteiger charge is 2.29. The van der Waals surface area contributed by atoms with E-state index >= 15 is 0 Å². The molecule has 4 rings (SSSR count). The Morgan fingerprint density at radius 2 is 2.12 bits per heavy atom. The van der Waals surface area contributed by atoms with Crippen LogP contribution in [0.25, 0.3) is 11.0 Å². The van der Waals surface area contributed by atoms with Gasteiger partial charge in [0.1, 0.15) is 0 Å². The fourth-order valence-corrected chi connectivity index (χ4v) is 5.27. The molecule has 0 aliphatic carbocycles. The highest BCUT2D eigenvalue weighted by atomic mass is 32.2. The van der Waals surface area contributed by atoms with Crippen molar-refractivity contribution in [3.05, 3.63) is 41.9 Å². The first-order valence-electron chi connectivity index (χ1n) is 8.45. The van der Waals surface area contributed by atoms with Crippen LogP contribution in [0.4, 0.5) is 0 Å². The average Bonchev–Trinajstić information content (AvgIpc) is 3.13. The number of fused-ring (bicyclic) bond motifs is 1. The molecule has 3 aromatic rings. The third-order valence-corrected chi connectivity index (χ3v) is 7.24. The Morgan fingerprint density at radius 3 is 2.96 bits per heavy atom. The summed E-state index contributed by atoms with van der Waals surface area (Å²) in [6, 6.07) is 6.04. The number of benzene rings is 1. The van der Waals surface area contributed by atoms with Gasteiger partial charge in [-0.1, -0.05) is 16.6 Å². The lowest BCUT2D eigenvalue weighted by molar-refractivity contribution is 0.198. The molecule has 1 atom stereocenters. The third-order valence-electron chi connectivity index (χ3n) is 4.69. The molecular formula is C17H19N5O2S2. The van der Waals surface area contributed by atoms with E-state index in [9.17, 15) is 8.42 Å². The average molecular weight is 390 g/mol. The number of hydrogen-bond acceptors (Lipinski definition) is 8. The molecule has 1 aliphatic rings. The zero-order chi connectivity index (χ0) is 18.1. The summed E-state index contributed by atoms with van der Waals surface area (Å²) in [4.78, 5) is 11.2. The van der Waals surface area contributed by atoms with E-state index in [0.29, 0.717) is 9.90 Å². The van der Waals surface area contributed by atoms with E-state index in [4.69, 9.17) is 0 Å². The van der Waals surface area contributed by atoms with Crippen LogP contribution >= 0.6 is 11.5 Å². The number of aromatic nitrogens is 4. The predicted octanol–water partition coefficient (Wildman–Crippen LogP) is 2.26. The van der Waals surface area contributed by atoms with Gasteiger partial charge in [-0.05, 0) is 31.0 Å². The van der Waals surface area contributed by atoms with Crippen molar-refractivity contribution in [1.82, 2.24) is 24.5 Å². The van der Waals surface area contributed by atoms with E-state index in [1.807, 2.05) is 12.1 Å². The van der Waals surface area contributed by atoms with Crippen LogP contribution in [0, 0.1) is 0 Å². The lowest BCUT2D eigenvalue weighted by Crippen LogP contribution is -2.34. The SMILES string of the molecule is CS(=O)(=O)c1snnc1[C@@H]1CCCN(Cc2cccc3nccnc23)C1. The molecule has 0 spiro atoms. The Balaban J connectivity index is 1.57. The number of hydrogen-bond donors (Lipinski definition) is 0. The molecule has 2 aromatic heterocycles. The van der Waals surface area contributed by atoms with Crippen LogP contribution in [-0.2, 0) is 16.4 Å². The van der Waals surface area contributed by atoms with E-state index in [0.717, 1.165) is 60.6 Å². The molecule has 1 fully saturated rings. The first-order chi connectivity index (χ1) is 12.5. The fourth-order valence-electron chi connectivity index (χ4n) is 3.54. The summed E-state index contributed by atoms with van der Waals surface area (Å²) >= 11 is 0.971. The highest BCUT2D eigenvalue weighted by Crippen LogP contribution is 2.32. The molecule has 0 unspecified atom stereocenters. The predicted molar refractivity (Wildman–Crippen MR) is 99.8 cm³/mol. The van der Waals surface area contributed by atoms with Crippen LogP contribution in [0.1, 0.15) is 30.0 Å². The number of likely N-dealkylation sites (tertiary alicyclic amines) is 1. The lowest BCUT2D eigenvalue weighted by Gasteiger charge is -2.32. The first-order valence-corrected chi connectivity index (χ1v) is 11.1. The molecule has 1 saturated heterocycles. The Bertz CT molecular complexity index is 1030. The van der Waals surface area contributed by atoms with Gasteiger partial charge in [0, 0.05) is 49.2 Å². The van der Waals surface area contributed by atoms with Crippen LogP contribution in [0.5, 0.6) is 0 Å². The van der Waals surface area contributed by atoms with Crippen molar-refractivity contribution >= 4 is 32.4 Å². The molecule has 0 radical (unpaired) electrons. The van der Waals surface area contributed by atoms with Gasteiger partial charge in [-0.3, -0.25) is 14.9 Å². The maximum absolute atomic E-state index is 12.0. The summed E-state index contributed by atoms with van der Waals surface area (Å²) in [7, 11) is -3.29. The lowest BCUT2D eigenvalue weighted by atomic mass is 9.95. The van der Waals surface area contributed by atoms with Crippen molar-refractivity contribution < 1.29 is 8.42 Å². The van der Waals surface area contributed by atoms with Crippen molar-refractivity contribution in [2.24, 2.45) is 0 Å². The Kier molecular flexibility index (Phi) is 4.68. The van der Waals surface area contributed by atoms with Crippen molar-refractivity contribution in [1.29, 1.82) is 0 Å². The van der Waals surface area contributed by atoms with Crippen LogP contribution in [0.2, 0.25) is 0 Å². The molecule has 0 amide bonds. The number of piperidine rings is 1. The second kappa shape index (κ2) is 6.98. The maximum Gasteiger partial charge on any atom is 0.188 e. The summed E-state index contributed by atoms with van der Waals surface area (Å²) < 4.78 is 28.2. The summed E-state index contributed by atoms with van der Waals surface area (Å²) in [5.41, 5.74) is 3.57. The summed E-state index contributed by atoms with van der Waals surface area (Å²) in [5, 5.41) is 4.14. The molecule has 0 saturated carbocycles. The van der Waals surface area contributed by atoms with Gasteiger partial charge >= 0.3 is 0 Å². The molecular weight excluding hydrogens is 370 g/mol. The second-order valence-corrected chi connectivity index (χ2v) is 9.60. The minimum absolute atomic E-state index is 0.0910. The van der Waals surface area contributed by atoms with Crippen molar-refractivity contribution in [3.63, 3.8) is 0 Å². The molecule has 0 bridgehead atoms. The number of sulfone groups is 1. The van der Waals surface area contributed by atoms with Gasteiger partial charge in [0.15, 0.2) is 14.0 Å². The van der Waals surface area contributed by atoms with Gasteiger partial charge in [0.25, 0.3) is 0 Å². The number of nitrogens with zero attached hydrogens (tertiary/aromatic N) is 5. The Morgan fingerprint density at radius 1 is 1.27 bits per heavy atom. The molecule has 9 heteroatoms. The molecule has 136 valence electrons. The van der Waals surface area contributed by atoms with Crippen LogP contribution in [0.15, 0.2) is 34.8 Å². The second-order valence-electron chi connectivity index (χ2n) is 6.63. The molecule has 3 heterocycles. The monoisotopic (exact) mass is 389 g/mol. The standard InChI is InChI=1S/C17H19N5O2S2/c1-26(23,24)17-16(20-21-25-17)13-5-3-9-22(11-13)10-12-4-2-6-14-15(12)19-8-7-18-14/h2,4,6-8,13H,3,5,9-11H2,1H3/t13-/m1/s1. The maximum atomic E-state index is 12.0. The highest BCUT2D eigenvalue weighted by molar-refractivity contribution is 7.92. The Hall–Kier alpha value is -1.97. The quantitative estimate of drug-likeness (QED) is 0.676. The van der Waals surface area contributed by atoms with Gasteiger partial charge in [0.2, 0.25) is 0 Å². The summed E-state index contributed by atoms with van der Waals surface area (Å²) in [5.74, 6) is 0.0910. The van der Waals surface area contributed by atoms with Gasteiger partial charge in [-0.25, -0.2) is 8.42 Å². The number of para-hydroxylation sites is 1. The first kappa shape index (κ1) is 17.4.